The van der Waals surface area contributed by atoms with Gasteiger partial charge in [-0.15, -0.1) is 0 Å². The van der Waals surface area contributed by atoms with Crippen LogP contribution in [-0.2, 0) is 9.59 Å². The Balaban J connectivity index is 2.05. The van der Waals surface area contributed by atoms with Crippen LogP contribution >= 0.6 is 0 Å². The van der Waals surface area contributed by atoms with E-state index < -0.39 is 30.6 Å². The van der Waals surface area contributed by atoms with Gasteiger partial charge in [-0.2, -0.15) is 18.3 Å². The van der Waals surface area contributed by atoms with Crippen LogP contribution in [0.3, 0.4) is 0 Å². The van der Waals surface area contributed by atoms with Crippen LogP contribution in [0.4, 0.5) is 13.2 Å². The zero-order valence-electron chi connectivity index (χ0n) is 13.6. The molecule has 25 heavy (non-hydrogen) atoms. The molecule has 136 valence electrons. The summed E-state index contributed by atoms with van der Waals surface area (Å²) in [5.41, 5.74) is 1.55. The molecule has 0 bridgehead atoms. The van der Waals surface area contributed by atoms with Crippen LogP contribution in [-0.4, -0.2) is 40.9 Å². The van der Waals surface area contributed by atoms with Crippen LogP contribution in [0.25, 0.3) is 0 Å². The minimum atomic E-state index is -4.59. The fourth-order valence-corrected chi connectivity index (χ4v) is 2.28. The Bertz CT molecular complexity index is 738. The van der Waals surface area contributed by atoms with Crippen molar-refractivity contribution in [2.75, 3.05) is 13.1 Å². The van der Waals surface area contributed by atoms with E-state index in [9.17, 15) is 22.8 Å². The highest BCUT2D eigenvalue weighted by molar-refractivity contribution is 6.35. The molecule has 0 aliphatic rings. The van der Waals surface area contributed by atoms with Crippen molar-refractivity contribution in [3.05, 3.63) is 41.6 Å². The summed E-state index contributed by atoms with van der Waals surface area (Å²) in [6.07, 6.45) is -3.14. The second-order valence-electron chi connectivity index (χ2n) is 5.41. The summed E-state index contributed by atoms with van der Waals surface area (Å²) in [6.45, 7) is 1.96. The van der Waals surface area contributed by atoms with Gasteiger partial charge in [-0.25, -0.2) is 0 Å². The summed E-state index contributed by atoms with van der Waals surface area (Å²) >= 11 is 0. The number of aromatic nitrogens is 2. The van der Waals surface area contributed by atoms with Gasteiger partial charge < -0.3 is 15.1 Å². The normalized spacial score (nSPS) is 12.7. The highest BCUT2D eigenvalue weighted by Gasteiger charge is 2.29. The lowest BCUT2D eigenvalue weighted by atomic mass is 10.2. The van der Waals surface area contributed by atoms with Crippen molar-refractivity contribution in [3.8, 4) is 0 Å². The molecular weight excluding hydrogens is 341 g/mol. The molecule has 2 heterocycles. The lowest BCUT2D eigenvalue weighted by Gasteiger charge is -2.18. The molecule has 0 saturated heterocycles. The van der Waals surface area contributed by atoms with E-state index in [4.69, 9.17) is 4.42 Å². The molecule has 2 N–H and O–H groups in total. The summed E-state index contributed by atoms with van der Waals surface area (Å²) in [5, 5.41) is 8.13. The summed E-state index contributed by atoms with van der Waals surface area (Å²) in [6, 6.07) is 4.62. The third-order valence-corrected chi connectivity index (χ3v) is 3.32. The molecule has 7 nitrogen and oxygen atoms in total. The average Bonchev–Trinajstić information content (AvgIpc) is 3.14. The van der Waals surface area contributed by atoms with Crippen molar-refractivity contribution in [2.24, 2.45) is 0 Å². The second kappa shape index (κ2) is 7.41. The van der Waals surface area contributed by atoms with Crippen molar-refractivity contribution < 1.29 is 27.2 Å². The number of carbonyl (C=O) groups excluding carboxylic acids is 2. The number of rotatable bonds is 5. The van der Waals surface area contributed by atoms with Crippen LogP contribution in [0.2, 0.25) is 0 Å². The van der Waals surface area contributed by atoms with E-state index in [0.29, 0.717) is 5.76 Å². The number of amides is 2. The largest absolute Gasteiger partial charge is 0.467 e. The fraction of sp³-hybridized carbons (Fsp3) is 0.400. The predicted octanol–water partition coefficient (Wildman–Crippen LogP) is 1.48. The van der Waals surface area contributed by atoms with Gasteiger partial charge in [0.1, 0.15) is 18.3 Å². The van der Waals surface area contributed by atoms with E-state index in [1.165, 1.54) is 11.6 Å². The van der Waals surface area contributed by atoms with Gasteiger partial charge >= 0.3 is 18.0 Å². The van der Waals surface area contributed by atoms with E-state index in [1.54, 1.807) is 23.7 Å². The Hall–Kier alpha value is -2.78. The molecule has 1 unspecified atom stereocenters. The third-order valence-electron chi connectivity index (χ3n) is 3.32. The van der Waals surface area contributed by atoms with Crippen molar-refractivity contribution >= 4 is 11.8 Å². The molecule has 1 atom stereocenters. The predicted molar refractivity (Wildman–Crippen MR) is 80.6 cm³/mol. The van der Waals surface area contributed by atoms with Crippen LogP contribution in [0, 0.1) is 13.8 Å². The zero-order chi connectivity index (χ0) is 18.6. The van der Waals surface area contributed by atoms with Gasteiger partial charge in [-0.05, 0) is 32.0 Å². The maximum atomic E-state index is 12.1. The molecule has 0 fully saturated rings. The Morgan fingerprint density at radius 2 is 1.96 bits per heavy atom. The summed E-state index contributed by atoms with van der Waals surface area (Å²) in [4.78, 5) is 23.1. The molecule has 2 aromatic rings. The molecule has 0 aliphatic carbocycles. The van der Waals surface area contributed by atoms with Crippen molar-refractivity contribution in [1.82, 2.24) is 20.4 Å². The van der Waals surface area contributed by atoms with Crippen molar-refractivity contribution in [1.29, 1.82) is 0 Å². The number of carbonyl (C=O) groups is 2. The smallest absolute Gasteiger partial charge is 0.405 e. The van der Waals surface area contributed by atoms with E-state index in [0.717, 1.165) is 11.4 Å². The number of furan rings is 1. The van der Waals surface area contributed by atoms with Gasteiger partial charge in [0.15, 0.2) is 0 Å². The van der Waals surface area contributed by atoms with E-state index in [-0.39, 0.29) is 6.54 Å². The summed E-state index contributed by atoms with van der Waals surface area (Å²) in [7, 11) is 0. The van der Waals surface area contributed by atoms with E-state index in [2.05, 4.69) is 10.4 Å². The zero-order valence-corrected chi connectivity index (χ0v) is 13.6. The maximum absolute atomic E-state index is 12.1. The number of hydrogen-bond donors (Lipinski definition) is 2. The topological polar surface area (TPSA) is 89.2 Å². The molecule has 0 aromatic carbocycles. The number of nitrogens with one attached hydrogen (secondary N) is 2. The Kier molecular flexibility index (Phi) is 5.50. The molecule has 0 radical (unpaired) electrons. The lowest BCUT2D eigenvalue weighted by molar-refractivity contribution is -0.146. The van der Waals surface area contributed by atoms with Crippen LogP contribution in [0.5, 0.6) is 0 Å². The number of nitrogens with zero attached hydrogens (tertiary/aromatic N) is 2. The second-order valence-corrected chi connectivity index (χ2v) is 5.41. The maximum Gasteiger partial charge on any atom is 0.405 e. The molecule has 2 rings (SSSR count). The summed E-state index contributed by atoms with van der Waals surface area (Å²) in [5.74, 6) is -2.03. The van der Waals surface area contributed by atoms with Gasteiger partial charge in [0.05, 0.1) is 12.0 Å². The Labute approximate surface area is 141 Å². The third kappa shape index (κ3) is 5.10. The minimum absolute atomic E-state index is 0.0757. The SMILES string of the molecule is Cc1cc(C)n(C(CNC(=O)C(=O)NCC(F)(F)F)c2ccco2)n1. The van der Waals surface area contributed by atoms with Crippen molar-refractivity contribution in [3.63, 3.8) is 0 Å². The van der Waals surface area contributed by atoms with Crippen LogP contribution in [0.1, 0.15) is 23.2 Å². The average molecular weight is 358 g/mol. The number of aryl methyl sites for hydroxylation is 2. The van der Waals surface area contributed by atoms with Crippen LogP contribution < -0.4 is 10.6 Å². The standard InChI is InChI=1S/C15H17F3N4O3/c1-9-6-10(2)22(21-9)11(12-4-3-5-25-12)7-19-13(23)14(24)20-8-15(16,17)18/h3-6,11H,7-8H2,1-2H3,(H,19,23)(H,20,24). The lowest BCUT2D eigenvalue weighted by Crippen LogP contribution is -2.45. The highest BCUT2D eigenvalue weighted by Crippen LogP contribution is 2.20. The first-order chi connectivity index (χ1) is 11.7. The monoisotopic (exact) mass is 358 g/mol. The van der Waals surface area contributed by atoms with Gasteiger partial charge in [-0.1, -0.05) is 0 Å². The number of hydrogen-bond acceptors (Lipinski definition) is 4. The van der Waals surface area contributed by atoms with Gasteiger partial charge in [0.2, 0.25) is 0 Å². The number of alkyl halides is 3. The van der Waals surface area contributed by atoms with Crippen LogP contribution in [0.15, 0.2) is 28.9 Å². The highest BCUT2D eigenvalue weighted by atomic mass is 19.4. The first kappa shape index (κ1) is 18.6. The molecule has 0 saturated carbocycles. The number of halogens is 3. The molecular formula is C15H17F3N4O3. The van der Waals surface area contributed by atoms with E-state index in [1.807, 2.05) is 13.0 Å². The van der Waals surface area contributed by atoms with Gasteiger partial charge in [0.25, 0.3) is 0 Å². The molecule has 2 amide bonds. The molecule has 10 heteroatoms. The quantitative estimate of drug-likeness (QED) is 0.793. The molecule has 0 spiro atoms. The molecule has 0 aliphatic heterocycles. The van der Waals surface area contributed by atoms with Crippen molar-refractivity contribution in [2.45, 2.75) is 26.1 Å². The van der Waals surface area contributed by atoms with Gasteiger partial charge in [-0.3, -0.25) is 14.3 Å². The van der Waals surface area contributed by atoms with E-state index >= 15 is 0 Å². The Morgan fingerprint density at radius 3 is 2.48 bits per heavy atom. The first-order valence-electron chi connectivity index (χ1n) is 7.36. The van der Waals surface area contributed by atoms with Gasteiger partial charge in [0, 0.05) is 12.2 Å². The minimum Gasteiger partial charge on any atom is -0.467 e. The Morgan fingerprint density at radius 1 is 1.28 bits per heavy atom. The summed E-state index contributed by atoms with van der Waals surface area (Å²) < 4.78 is 43.2. The first-order valence-corrected chi connectivity index (χ1v) is 7.36. The molecule has 2 aromatic heterocycles. The fourth-order valence-electron chi connectivity index (χ4n) is 2.28.